The Morgan fingerprint density at radius 1 is 1.64 bits per heavy atom. The third kappa shape index (κ3) is 2.58. The van der Waals surface area contributed by atoms with Gasteiger partial charge in [0.1, 0.15) is 0 Å². The number of halogens is 2. The Morgan fingerprint density at radius 2 is 2.29 bits per heavy atom. The van der Waals surface area contributed by atoms with Crippen molar-refractivity contribution < 1.29 is 0 Å². The Balaban J connectivity index is 3.05. The molecule has 0 aliphatic carbocycles. The van der Waals surface area contributed by atoms with Crippen LogP contribution in [0, 0.1) is 5.92 Å². The van der Waals surface area contributed by atoms with Gasteiger partial charge < -0.3 is 0 Å². The average Bonchev–Trinajstić information content (AvgIpc) is 2.43. The van der Waals surface area contributed by atoms with Crippen LogP contribution in [0.4, 0.5) is 0 Å². The van der Waals surface area contributed by atoms with Crippen LogP contribution in [-0.4, -0.2) is 20.9 Å². The van der Waals surface area contributed by atoms with E-state index < -0.39 is 0 Å². The Labute approximate surface area is 97.3 Å². The van der Waals surface area contributed by atoms with Crippen molar-refractivity contribution in [1.29, 1.82) is 0 Å². The van der Waals surface area contributed by atoms with Gasteiger partial charge in [-0.3, -0.25) is 0 Å². The predicted octanol–water partition coefficient (Wildman–Crippen LogP) is 2.86. The molecule has 0 fully saturated rings. The minimum absolute atomic E-state index is 0.439. The lowest BCUT2D eigenvalue weighted by molar-refractivity contribution is 0.706. The normalized spacial score (nSPS) is 12.6. The van der Waals surface area contributed by atoms with Crippen molar-refractivity contribution in [1.82, 2.24) is 15.0 Å². The van der Waals surface area contributed by atoms with E-state index in [-0.39, 0.29) is 0 Å². The Hall–Kier alpha value is -0.350. The number of alkyl halides is 1. The third-order valence-corrected chi connectivity index (χ3v) is 2.92. The van der Waals surface area contributed by atoms with Crippen molar-refractivity contribution >= 4 is 33.6 Å². The Bertz CT molecular complexity index is 324. The van der Waals surface area contributed by atoms with Crippen LogP contribution in [0.2, 0.25) is 0 Å². The summed E-state index contributed by atoms with van der Waals surface area (Å²) in [5.74, 6) is 0.976. The molecule has 78 valence electrons. The molecule has 0 N–H and O–H groups in total. The van der Waals surface area contributed by atoms with Crippen molar-refractivity contribution in [2.75, 3.05) is 5.88 Å². The van der Waals surface area contributed by atoms with Crippen molar-refractivity contribution in [3.63, 3.8) is 0 Å². The molecule has 0 amide bonds. The van der Waals surface area contributed by atoms with E-state index in [0.717, 1.165) is 10.3 Å². The average molecular weight is 279 g/mol. The zero-order valence-electron chi connectivity index (χ0n) is 8.46. The van der Waals surface area contributed by atoms with Crippen molar-refractivity contribution in [2.45, 2.75) is 13.8 Å². The van der Waals surface area contributed by atoms with Crippen molar-refractivity contribution in [3.05, 3.63) is 15.9 Å². The lowest BCUT2D eigenvalue weighted by atomic mass is 10.0. The summed E-state index contributed by atoms with van der Waals surface area (Å²) in [6, 6.07) is 0. The van der Waals surface area contributed by atoms with Crippen LogP contribution in [0.1, 0.15) is 19.5 Å². The van der Waals surface area contributed by atoms with Gasteiger partial charge in [0.05, 0.1) is 5.69 Å². The minimum Gasteiger partial charge on any atom is -0.247 e. The van der Waals surface area contributed by atoms with Gasteiger partial charge in [-0.05, 0) is 27.9 Å². The molecular formula is C9H13BrClN3. The highest BCUT2D eigenvalue weighted by Gasteiger charge is 2.08. The lowest BCUT2D eigenvalue weighted by Crippen LogP contribution is -1.99. The number of aryl methyl sites for hydroxylation is 1. The van der Waals surface area contributed by atoms with Crippen LogP contribution in [-0.2, 0) is 7.05 Å². The zero-order valence-corrected chi connectivity index (χ0v) is 10.8. The highest BCUT2D eigenvalue weighted by atomic mass is 79.9. The molecule has 5 heteroatoms. The Kier molecular flexibility index (Phi) is 4.13. The third-order valence-electron chi connectivity index (χ3n) is 2.04. The molecule has 14 heavy (non-hydrogen) atoms. The molecule has 0 saturated heterocycles. The van der Waals surface area contributed by atoms with E-state index in [4.69, 9.17) is 11.6 Å². The van der Waals surface area contributed by atoms with Gasteiger partial charge in [-0.2, -0.15) is 0 Å². The summed E-state index contributed by atoms with van der Waals surface area (Å²) >= 11 is 9.19. The van der Waals surface area contributed by atoms with E-state index >= 15 is 0 Å². The predicted molar refractivity (Wildman–Crippen MR) is 62.2 cm³/mol. The molecular weight excluding hydrogens is 265 g/mol. The molecule has 3 nitrogen and oxygen atoms in total. The summed E-state index contributed by atoms with van der Waals surface area (Å²) in [5.41, 5.74) is 2.13. The highest BCUT2D eigenvalue weighted by Crippen LogP contribution is 2.20. The summed E-state index contributed by atoms with van der Waals surface area (Å²) in [4.78, 5) is 0. The second-order valence-electron chi connectivity index (χ2n) is 3.40. The van der Waals surface area contributed by atoms with Gasteiger partial charge in [0, 0.05) is 12.9 Å². The van der Waals surface area contributed by atoms with E-state index in [1.165, 1.54) is 5.57 Å². The van der Waals surface area contributed by atoms with E-state index in [1.54, 1.807) is 4.68 Å². The van der Waals surface area contributed by atoms with E-state index in [1.807, 2.05) is 13.1 Å². The number of hydrogen-bond donors (Lipinski definition) is 0. The molecule has 1 aromatic rings. The summed E-state index contributed by atoms with van der Waals surface area (Å²) in [6.07, 6.45) is 2.03. The number of nitrogens with zero attached hydrogens (tertiary/aromatic N) is 3. The first kappa shape index (κ1) is 11.7. The minimum atomic E-state index is 0.439. The maximum atomic E-state index is 5.85. The maximum Gasteiger partial charge on any atom is 0.155 e. The van der Waals surface area contributed by atoms with E-state index in [0.29, 0.717) is 11.8 Å². The second-order valence-corrected chi connectivity index (χ2v) is 4.42. The standard InChI is InChI=1S/C9H13BrClN3/c1-6(2)7(5-11)4-8-9(10)12-13-14(8)3/h4,6H,5H2,1-3H3/b7-4+. The molecule has 0 atom stereocenters. The molecule has 1 heterocycles. The first-order valence-corrected chi connectivity index (χ1v) is 5.70. The second kappa shape index (κ2) is 4.94. The van der Waals surface area contributed by atoms with Gasteiger partial charge in [-0.1, -0.05) is 24.6 Å². The fourth-order valence-electron chi connectivity index (χ4n) is 1.03. The van der Waals surface area contributed by atoms with Crippen molar-refractivity contribution in [3.8, 4) is 0 Å². The summed E-state index contributed by atoms with van der Waals surface area (Å²) in [6.45, 7) is 4.23. The van der Waals surface area contributed by atoms with Gasteiger partial charge in [0.2, 0.25) is 0 Å². The molecule has 0 unspecified atom stereocenters. The van der Waals surface area contributed by atoms with Crippen LogP contribution < -0.4 is 0 Å². The van der Waals surface area contributed by atoms with Crippen LogP contribution >= 0.6 is 27.5 Å². The Morgan fingerprint density at radius 3 is 2.64 bits per heavy atom. The molecule has 0 aliphatic heterocycles. The van der Waals surface area contributed by atoms with Crippen LogP contribution in [0.15, 0.2) is 10.2 Å². The molecule has 0 radical (unpaired) electrons. The highest BCUT2D eigenvalue weighted by molar-refractivity contribution is 9.10. The molecule has 1 rings (SSSR count). The SMILES string of the molecule is CC(C)/C(=C/c1c(Br)nnn1C)CCl. The number of hydrogen-bond acceptors (Lipinski definition) is 2. The molecule has 0 aromatic carbocycles. The van der Waals surface area contributed by atoms with Gasteiger partial charge >= 0.3 is 0 Å². The first-order chi connectivity index (χ1) is 6.56. The fourth-order valence-corrected chi connectivity index (χ4v) is 1.86. The largest absolute Gasteiger partial charge is 0.247 e. The smallest absolute Gasteiger partial charge is 0.155 e. The lowest BCUT2D eigenvalue weighted by Gasteiger charge is -2.07. The number of aromatic nitrogens is 3. The fraction of sp³-hybridized carbons (Fsp3) is 0.556. The summed E-state index contributed by atoms with van der Waals surface area (Å²) in [5, 5.41) is 7.80. The zero-order chi connectivity index (χ0) is 10.7. The maximum absolute atomic E-state index is 5.85. The molecule has 1 aromatic heterocycles. The van der Waals surface area contributed by atoms with Gasteiger partial charge in [0.15, 0.2) is 4.60 Å². The van der Waals surface area contributed by atoms with Gasteiger partial charge in [-0.15, -0.1) is 16.7 Å². The summed E-state index contributed by atoms with van der Waals surface area (Å²) in [7, 11) is 1.86. The molecule has 0 bridgehead atoms. The quantitative estimate of drug-likeness (QED) is 0.796. The first-order valence-electron chi connectivity index (χ1n) is 4.37. The molecule has 0 spiro atoms. The van der Waals surface area contributed by atoms with Crippen LogP contribution in [0.5, 0.6) is 0 Å². The molecule has 0 aliphatic rings. The topological polar surface area (TPSA) is 30.7 Å². The number of allylic oxidation sites excluding steroid dienone is 1. The van der Waals surface area contributed by atoms with Crippen molar-refractivity contribution in [2.24, 2.45) is 13.0 Å². The van der Waals surface area contributed by atoms with Gasteiger partial charge in [0.25, 0.3) is 0 Å². The molecule has 0 saturated carbocycles. The van der Waals surface area contributed by atoms with Crippen LogP contribution in [0.3, 0.4) is 0 Å². The summed E-state index contributed by atoms with van der Waals surface area (Å²) < 4.78 is 2.47. The van der Waals surface area contributed by atoms with Gasteiger partial charge in [-0.25, -0.2) is 4.68 Å². The van der Waals surface area contributed by atoms with E-state index in [9.17, 15) is 0 Å². The van der Waals surface area contributed by atoms with Crippen LogP contribution in [0.25, 0.3) is 6.08 Å². The monoisotopic (exact) mass is 277 g/mol. The van der Waals surface area contributed by atoms with E-state index in [2.05, 4.69) is 40.1 Å². The number of rotatable bonds is 3.